The number of anilines is 1. The summed E-state index contributed by atoms with van der Waals surface area (Å²) in [4.78, 5) is 21.2. The lowest BCUT2D eigenvalue weighted by Crippen LogP contribution is -2.25. The number of likely N-dealkylation sites (N-methyl/N-ethyl adjacent to an activating group) is 1. The second-order valence-electron chi connectivity index (χ2n) is 4.79. The SMILES string of the molecule is CN(CC(=O)O)c1cc2nc3ccccc3nc2cc1O. The van der Waals surface area contributed by atoms with Crippen molar-refractivity contribution < 1.29 is 15.0 Å². The fourth-order valence-electron chi connectivity index (χ4n) is 2.24. The van der Waals surface area contributed by atoms with Crippen molar-refractivity contribution in [1.82, 2.24) is 9.97 Å². The Kier molecular flexibility index (Phi) is 3.06. The topological polar surface area (TPSA) is 86.6 Å². The molecule has 0 saturated heterocycles. The predicted octanol–water partition coefficient (Wildman–Crippen LogP) is 2.01. The number of carboxylic acid groups (broad SMARTS) is 1. The summed E-state index contributed by atoms with van der Waals surface area (Å²) in [6, 6.07) is 10.6. The lowest BCUT2D eigenvalue weighted by Gasteiger charge is -2.18. The van der Waals surface area contributed by atoms with Crippen molar-refractivity contribution in [2.24, 2.45) is 0 Å². The van der Waals surface area contributed by atoms with Crippen molar-refractivity contribution in [1.29, 1.82) is 0 Å². The van der Waals surface area contributed by atoms with E-state index in [4.69, 9.17) is 5.11 Å². The van der Waals surface area contributed by atoms with Gasteiger partial charge in [-0.1, -0.05) is 12.1 Å². The first-order valence-corrected chi connectivity index (χ1v) is 6.37. The Balaban J connectivity index is 2.17. The number of phenols is 1. The van der Waals surface area contributed by atoms with E-state index >= 15 is 0 Å². The Morgan fingerprint density at radius 3 is 2.24 bits per heavy atom. The molecule has 3 aromatic rings. The Bertz CT molecular complexity index is 848. The van der Waals surface area contributed by atoms with Crippen LogP contribution in [0.5, 0.6) is 5.75 Å². The van der Waals surface area contributed by atoms with Crippen molar-refractivity contribution in [3.63, 3.8) is 0 Å². The number of aromatic hydroxyl groups is 1. The maximum atomic E-state index is 10.8. The fourth-order valence-corrected chi connectivity index (χ4v) is 2.24. The quantitative estimate of drug-likeness (QED) is 0.715. The maximum Gasteiger partial charge on any atom is 0.323 e. The molecule has 0 unspecified atom stereocenters. The number of phenolic OH excluding ortho intramolecular Hbond substituents is 1. The maximum absolute atomic E-state index is 10.8. The molecule has 0 aliphatic carbocycles. The molecular weight excluding hydrogens is 270 g/mol. The van der Waals surface area contributed by atoms with Gasteiger partial charge in [0.2, 0.25) is 0 Å². The molecule has 0 aliphatic rings. The molecule has 1 aromatic heterocycles. The molecule has 0 saturated carbocycles. The van der Waals surface area contributed by atoms with Gasteiger partial charge in [-0.15, -0.1) is 0 Å². The Morgan fingerprint density at radius 2 is 1.67 bits per heavy atom. The van der Waals surface area contributed by atoms with Crippen LogP contribution in [0.4, 0.5) is 5.69 Å². The molecular formula is C15H13N3O3. The largest absolute Gasteiger partial charge is 0.506 e. The number of carbonyl (C=O) groups is 1. The van der Waals surface area contributed by atoms with E-state index < -0.39 is 5.97 Å². The zero-order valence-corrected chi connectivity index (χ0v) is 11.3. The number of fused-ring (bicyclic) bond motifs is 2. The second-order valence-corrected chi connectivity index (χ2v) is 4.79. The highest BCUT2D eigenvalue weighted by Gasteiger charge is 2.13. The van der Waals surface area contributed by atoms with Gasteiger partial charge >= 0.3 is 5.97 Å². The van der Waals surface area contributed by atoms with Crippen LogP contribution in [0.1, 0.15) is 0 Å². The smallest absolute Gasteiger partial charge is 0.323 e. The van der Waals surface area contributed by atoms with Gasteiger partial charge in [0.15, 0.2) is 0 Å². The molecule has 0 bridgehead atoms. The summed E-state index contributed by atoms with van der Waals surface area (Å²) in [5.74, 6) is -0.988. The molecule has 0 amide bonds. The van der Waals surface area contributed by atoms with Crippen LogP contribution in [0.2, 0.25) is 0 Å². The molecule has 0 fully saturated rings. The number of hydrogen-bond acceptors (Lipinski definition) is 5. The van der Waals surface area contributed by atoms with E-state index in [1.54, 1.807) is 13.1 Å². The molecule has 0 aliphatic heterocycles. The molecule has 1 heterocycles. The Hall–Kier alpha value is -2.89. The average molecular weight is 283 g/mol. The minimum absolute atomic E-state index is 0.0177. The molecule has 6 nitrogen and oxygen atoms in total. The number of hydrogen-bond donors (Lipinski definition) is 2. The van der Waals surface area contributed by atoms with Gasteiger partial charge in [-0.2, -0.15) is 0 Å². The molecule has 2 N–H and O–H groups in total. The van der Waals surface area contributed by atoms with Crippen LogP contribution in [-0.2, 0) is 4.79 Å². The second kappa shape index (κ2) is 4.90. The zero-order valence-electron chi connectivity index (χ0n) is 11.3. The first kappa shape index (κ1) is 13.1. The van der Waals surface area contributed by atoms with Crippen LogP contribution in [0, 0.1) is 0 Å². The van der Waals surface area contributed by atoms with Crippen LogP contribution in [0.15, 0.2) is 36.4 Å². The van der Waals surface area contributed by atoms with Gasteiger partial charge in [0.1, 0.15) is 12.3 Å². The van der Waals surface area contributed by atoms with Crippen LogP contribution in [-0.4, -0.2) is 39.7 Å². The van der Waals surface area contributed by atoms with E-state index in [-0.39, 0.29) is 12.3 Å². The minimum Gasteiger partial charge on any atom is -0.506 e. The van der Waals surface area contributed by atoms with E-state index in [1.807, 2.05) is 24.3 Å². The predicted molar refractivity (Wildman–Crippen MR) is 79.6 cm³/mol. The molecule has 3 rings (SSSR count). The van der Waals surface area contributed by atoms with Crippen molar-refractivity contribution >= 4 is 33.7 Å². The zero-order chi connectivity index (χ0) is 15.0. The van der Waals surface area contributed by atoms with E-state index in [0.29, 0.717) is 16.7 Å². The number of carboxylic acids is 1. The van der Waals surface area contributed by atoms with Gasteiger partial charge in [0, 0.05) is 13.1 Å². The highest BCUT2D eigenvalue weighted by atomic mass is 16.4. The van der Waals surface area contributed by atoms with Crippen LogP contribution < -0.4 is 4.90 Å². The summed E-state index contributed by atoms with van der Waals surface area (Å²) in [6.45, 7) is -0.208. The lowest BCUT2D eigenvalue weighted by molar-refractivity contribution is -0.135. The van der Waals surface area contributed by atoms with Gasteiger partial charge in [0.05, 0.1) is 27.8 Å². The Morgan fingerprint density at radius 1 is 1.10 bits per heavy atom. The third-order valence-corrected chi connectivity index (χ3v) is 3.22. The van der Waals surface area contributed by atoms with Crippen molar-refractivity contribution in [3.8, 4) is 5.75 Å². The minimum atomic E-state index is -0.971. The molecule has 21 heavy (non-hydrogen) atoms. The molecule has 0 radical (unpaired) electrons. The monoisotopic (exact) mass is 283 g/mol. The van der Waals surface area contributed by atoms with Gasteiger partial charge in [-0.05, 0) is 18.2 Å². The van der Waals surface area contributed by atoms with Crippen LogP contribution in [0.25, 0.3) is 22.1 Å². The highest BCUT2D eigenvalue weighted by molar-refractivity contribution is 5.90. The third kappa shape index (κ3) is 2.43. The summed E-state index contributed by atoms with van der Waals surface area (Å²) >= 11 is 0. The number of aromatic nitrogens is 2. The number of para-hydroxylation sites is 2. The van der Waals surface area contributed by atoms with Crippen molar-refractivity contribution in [3.05, 3.63) is 36.4 Å². The van der Waals surface area contributed by atoms with Gasteiger partial charge < -0.3 is 15.1 Å². The van der Waals surface area contributed by atoms with Crippen molar-refractivity contribution in [2.45, 2.75) is 0 Å². The van der Waals surface area contributed by atoms with E-state index in [9.17, 15) is 9.90 Å². The van der Waals surface area contributed by atoms with Crippen molar-refractivity contribution in [2.75, 3.05) is 18.5 Å². The average Bonchev–Trinajstić information content (AvgIpc) is 2.43. The first-order chi connectivity index (χ1) is 10.0. The van der Waals surface area contributed by atoms with Gasteiger partial charge in [0.25, 0.3) is 0 Å². The normalized spacial score (nSPS) is 10.9. The van der Waals surface area contributed by atoms with Gasteiger partial charge in [-0.25, -0.2) is 9.97 Å². The van der Waals surface area contributed by atoms with Crippen LogP contribution in [0.3, 0.4) is 0 Å². The first-order valence-electron chi connectivity index (χ1n) is 6.37. The third-order valence-electron chi connectivity index (χ3n) is 3.22. The molecule has 2 aromatic carbocycles. The summed E-state index contributed by atoms with van der Waals surface area (Å²) in [5, 5.41) is 18.9. The standard InChI is InChI=1S/C15H13N3O3/c1-18(8-15(20)21)13-6-11-12(7-14(13)19)17-10-5-3-2-4-9(10)16-11/h2-7,19H,8H2,1H3,(H,20,21). The van der Waals surface area contributed by atoms with Gasteiger partial charge in [-0.3, -0.25) is 4.79 Å². The fraction of sp³-hybridized carbons (Fsp3) is 0.133. The molecule has 0 atom stereocenters. The number of nitrogens with zero attached hydrogens (tertiary/aromatic N) is 3. The highest BCUT2D eigenvalue weighted by Crippen LogP contribution is 2.31. The van der Waals surface area contributed by atoms with E-state index in [0.717, 1.165) is 11.0 Å². The summed E-state index contributed by atoms with van der Waals surface area (Å²) in [7, 11) is 1.60. The Labute approximate surface area is 120 Å². The summed E-state index contributed by atoms with van der Waals surface area (Å²) in [5.41, 5.74) is 3.09. The summed E-state index contributed by atoms with van der Waals surface area (Å²) in [6.07, 6.45) is 0. The number of rotatable bonds is 3. The van der Waals surface area contributed by atoms with Crippen LogP contribution >= 0.6 is 0 Å². The molecule has 106 valence electrons. The summed E-state index contributed by atoms with van der Waals surface area (Å²) < 4.78 is 0. The molecule has 0 spiro atoms. The molecule has 6 heteroatoms. The number of aliphatic carboxylic acids is 1. The van der Waals surface area contributed by atoms with E-state index in [1.165, 1.54) is 11.0 Å². The number of benzene rings is 2. The lowest BCUT2D eigenvalue weighted by atomic mass is 10.2. The van der Waals surface area contributed by atoms with E-state index in [2.05, 4.69) is 9.97 Å².